The Hall–Kier alpha value is -0.313. The summed E-state index contributed by atoms with van der Waals surface area (Å²) in [5.74, 6) is -0.329. The Morgan fingerprint density at radius 3 is 2.12 bits per heavy atom. The van der Waals surface area contributed by atoms with E-state index >= 15 is 0 Å². The first-order chi connectivity index (χ1) is 7.55. The topological polar surface area (TPSA) is 26.3 Å². The van der Waals surface area contributed by atoms with Crippen molar-refractivity contribution in [2.24, 2.45) is 0 Å². The van der Waals surface area contributed by atoms with Gasteiger partial charge in [0, 0.05) is 0 Å². The van der Waals surface area contributed by atoms with Gasteiger partial charge in [-0.2, -0.15) is 0 Å². The lowest BCUT2D eigenvalue weighted by Crippen LogP contribution is -2.28. The zero-order valence-electron chi connectivity index (χ0n) is 10.6. The van der Waals surface area contributed by atoms with Crippen LogP contribution in [0.25, 0.3) is 0 Å². The first kappa shape index (κ1) is 15.7. The number of halogens is 1. The minimum absolute atomic E-state index is 0.329. The summed E-state index contributed by atoms with van der Waals surface area (Å²) in [6.07, 6.45) is 0. The number of esters is 1. The highest BCUT2D eigenvalue weighted by atomic mass is 79.9. The summed E-state index contributed by atoms with van der Waals surface area (Å²) in [5.41, 5.74) is 5.19. The maximum atomic E-state index is 11.4. The summed E-state index contributed by atoms with van der Waals surface area (Å²) in [6.45, 7) is 8.85. The third kappa shape index (κ3) is 4.68. The maximum Gasteiger partial charge on any atom is 0.353 e. The largest absolute Gasteiger partial charge is 0.462 e. The average molecular weight is 305 g/mol. The van der Waals surface area contributed by atoms with Gasteiger partial charge in [-0.25, -0.2) is 4.79 Å². The van der Waals surface area contributed by atoms with Gasteiger partial charge in [0.15, 0.2) is 0 Å². The smallest absolute Gasteiger partial charge is 0.353 e. The lowest BCUT2D eigenvalue weighted by molar-refractivity contribution is -0.137. The SMILES string of the molecule is CCOC(=O)C(Br)=C=C[Si](CC)(CC)CC. The van der Waals surface area contributed by atoms with E-state index in [1.165, 1.54) is 18.1 Å². The van der Waals surface area contributed by atoms with Crippen molar-refractivity contribution >= 4 is 30.0 Å². The zero-order chi connectivity index (χ0) is 12.6. The van der Waals surface area contributed by atoms with Crippen LogP contribution in [0.4, 0.5) is 0 Å². The third-order valence-corrected chi connectivity index (χ3v) is 8.61. The molecule has 0 N–H and O–H groups in total. The predicted octanol–water partition coefficient (Wildman–Crippen LogP) is 4.03. The van der Waals surface area contributed by atoms with E-state index < -0.39 is 8.07 Å². The van der Waals surface area contributed by atoms with Crippen molar-refractivity contribution in [3.63, 3.8) is 0 Å². The molecule has 0 fully saturated rings. The van der Waals surface area contributed by atoms with Crippen molar-refractivity contribution in [2.75, 3.05) is 6.61 Å². The Bertz CT molecular complexity index is 281. The average Bonchev–Trinajstić information content (AvgIpc) is 2.31. The van der Waals surface area contributed by atoms with Crippen LogP contribution in [0.15, 0.2) is 15.9 Å². The highest BCUT2D eigenvalue weighted by Crippen LogP contribution is 2.21. The molecule has 0 saturated carbocycles. The van der Waals surface area contributed by atoms with Gasteiger partial charge in [0.25, 0.3) is 0 Å². The normalized spacial score (nSPS) is 10.6. The molecule has 0 bridgehead atoms. The molecule has 0 heterocycles. The van der Waals surface area contributed by atoms with E-state index in [1.54, 1.807) is 6.92 Å². The minimum atomic E-state index is -1.34. The summed E-state index contributed by atoms with van der Waals surface area (Å²) < 4.78 is 5.28. The van der Waals surface area contributed by atoms with Crippen molar-refractivity contribution in [3.05, 3.63) is 15.9 Å². The van der Waals surface area contributed by atoms with Crippen molar-refractivity contribution in [1.29, 1.82) is 0 Å². The standard InChI is InChI=1S/C12H21BrO2Si/c1-5-15-12(14)11(13)9-10-16(6-2,7-3)8-4/h10H,5-8H2,1-4H3. The summed E-state index contributed by atoms with van der Waals surface area (Å²) >= 11 is 3.21. The molecular weight excluding hydrogens is 284 g/mol. The van der Waals surface area contributed by atoms with Gasteiger partial charge in [-0.15, -0.1) is 5.73 Å². The van der Waals surface area contributed by atoms with Crippen LogP contribution in [0.5, 0.6) is 0 Å². The fraction of sp³-hybridized carbons (Fsp3) is 0.667. The van der Waals surface area contributed by atoms with Crippen LogP contribution in [0.1, 0.15) is 27.7 Å². The van der Waals surface area contributed by atoms with Gasteiger partial charge < -0.3 is 4.74 Å². The molecule has 0 spiro atoms. The highest BCUT2D eigenvalue weighted by Gasteiger charge is 2.23. The molecule has 0 saturated heterocycles. The molecule has 0 unspecified atom stereocenters. The zero-order valence-corrected chi connectivity index (χ0v) is 13.2. The fourth-order valence-electron chi connectivity index (χ4n) is 1.53. The first-order valence-corrected chi connectivity index (χ1v) is 9.34. The number of carbonyl (C=O) groups excluding carboxylic acids is 1. The summed E-state index contributed by atoms with van der Waals surface area (Å²) in [7, 11) is -1.34. The predicted molar refractivity (Wildman–Crippen MR) is 74.4 cm³/mol. The number of rotatable bonds is 6. The van der Waals surface area contributed by atoms with E-state index in [1.807, 2.05) is 0 Å². The molecule has 0 aliphatic rings. The maximum absolute atomic E-state index is 11.4. The highest BCUT2D eigenvalue weighted by molar-refractivity contribution is 9.12. The summed E-state index contributed by atoms with van der Waals surface area (Å²) in [6, 6.07) is 3.57. The molecule has 2 nitrogen and oxygen atoms in total. The second kappa shape index (κ2) is 7.88. The molecule has 0 aliphatic heterocycles. The summed E-state index contributed by atoms with van der Waals surface area (Å²) in [4.78, 5) is 11.4. The van der Waals surface area contributed by atoms with Crippen LogP contribution in [-0.4, -0.2) is 20.7 Å². The van der Waals surface area contributed by atoms with Gasteiger partial charge in [-0.1, -0.05) is 44.6 Å². The molecule has 0 aromatic heterocycles. The Morgan fingerprint density at radius 1 is 1.25 bits per heavy atom. The third-order valence-electron chi connectivity index (χ3n) is 3.07. The van der Waals surface area contributed by atoms with Gasteiger partial charge in [0.1, 0.15) is 4.48 Å². The number of hydrogen-bond acceptors (Lipinski definition) is 2. The van der Waals surface area contributed by atoms with E-state index in [0.29, 0.717) is 11.1 Å². The van der Waals surface area contributed by atoms with E-state index in [0.717, 1.165) is 0 Å². The number of ether oxygens (including phenoxy) is 1. The first-order valence-electron chi connectivity index (χ1n) is 5.85. The van der Waals surface area contributed by atoms with Gasteiger partial charge in [0.2, 0.25) is 0 Å². The van der Waals surface area contributed by atoms with Crippen LogP contribution in [0.2, 0.25) is 18.1 Å². The van der Waals surface area contributed by atoms with Gasteiger partial charge in [-0.3, -0.25) is 0 Å². The summed E-state index contributed by atoms with van der Waals surface area (Å²) in [5, 5.41) is 0. The van der Waals surface area contributed by atoms with E-state index in [-0.39, 0.29) is 5.97 Å². The molecule has 0 atom stereocenters. The van der Waals surface area contributed by atoms with Crippen molar-refractivity contribution in [1.82, 2.24) is 0 Å². The van der Waals surface area contributed by atoms with E-state index in [2.05, 4.69) is 48.1 Å². The quantitative estimate of drug-likeness (QED) is 0.320. The lowest BCUT2D eigenvalue weighted by atomic mass is 10.6. The monoisotopic (exact) mass is 304 g/mol. The Labute approximate surface area is 108 Å². The van der Waals surface area contributed by atoms with Crippen molar-refractivity contribution in [2.45, 2.75) is 45.8 Å². The van der Waals surface area contributed by atoms with Crippen LogP contribution >= 0.6 is 15.9 Å². The molecule has 0 rings (SSSR count). The fourth-order valence-corrected chi connectivity index (χ4v) is 4.53. The second-order valence-electron chi connectivity index (χ2n) is 3.75. The van der Waals surface area contributed by atoms with Gasteiger partial charge >= 0.3 is 5.97 Å². The van der Waals surface area contributed by atoms with Gasteiger partial charge in [-0.05, 0) is 22.9 Å². The van der Waals surface area contributed by atoms with Crippen LogP contribution in [-0.2, 0) is 9.53 Å². The van der Waals surface area contributed by atoms with E-state index in [4.69, 9.17) is 4.74 Å². The molecular formula is C12H21BrO2Si. The second-order valence-corrected chi connectivity index (χ2v) is 9.67. The molecule has 0 aromatic rings. The number of hydrogen-bond donors (Lipinski definition) is 0. The molecule has 4 heteroatoms. The van der Waals surface area contributed by atoms with Crippen molar-refractivity contribution in [3.8, 4) is 0 Å². The van der Waals surface area contributed by atoms with Crippen LogP contribution in [0.3, 0.4) is 0 Å². The van der Waals surface area contributed by atoms with Gasteiger partial charge in [0.05, 0.1) is 14.7 Å². The molecule has 0 aromatic carbocycles. The van der Waals surface area contributed by atoms with Crippen LogP contribution < -0.4 is 0 Å². The molecule has 0 aliphatic carbocycles. The Morgan fingerprint density at radius 2 is 1.75 bits per heavy atom. The lowest BCUT2D eigenvalue weighted by Gasteiger charge is -2.22. The van der Waals surface area contributed by atoms with E-state index in [9.17, 15) is 4.79 Å². The molecule has 16 heavy (non-hydrogen) atoms. The Kier molecular flexibility index (Phi) is 7.72. The molecule has 0 radical (unpaired) electrons. The Balaban J connectivity index is 4.89. The minimum Gasteiger partial charge on any atom is -0.462 e. The van der Waals surface area contributed by atoms with Crippen molar-refractivity contribution < 1.29 is 9.53 Å². The molecule has 0 amide bonds. The molecule has 92 valence electrons. The number of carbonyl (C=O) groups is 1. The van der Waals surface area contributed by atoms with Crippen LogP contribution in [0, 0.1) is 0 Å².